The summed E-state index contributed by atoms with van der Waals surface area (Å²) in [5, 5.41) is 7.00. The fraction of sp³-hybridized carbons (Fsp3) is 0.368. The van der Waals surface area contributed by atoms with E-state index in [0.29, 0.717) is 25.0 Å². The highest BCUT2D eigenvalue weighted by atomic mass is 16.5. The Kier molecular flexibility index (Phi) is 11.6. The van der Waals surface area contributed by atoms with E-state index in [9.17, 15) is 0 Å². The van der Waals surface area contributed by atoms with Crippen LogP contribution in [0.25, 0.3) is 11.1 Å². The van der Waals surface area contributed by atoms with Crippen molar-refractivity contribution in [2.45, 2.75) is 67.8 Å². The lowest BCUT2D eigenvalue weighted by atomic mass is 9.95. The second-order valence-corrected chi connectivity index (χ2v) is 12.1. The van der Waals surface area contributed by atoms with Gasteiger partial charge in [-0.2, -0.15) is 0 Å². The highest BCUT2D eigenvalue weighted by Crippen LogP contribution is 2.35. The van der Waals surface area contributed by atoms with E-state index in [4.69, 9.17) is 9.47 Å². The van der Waals surface area contributed by atoms with Crippen LogP contribution in [-0.2, 0) is 26.3 Å². The third kappa shape index (κ3) is 9.20. The smallest absolute Gasteiger partial charge is 0.123 e. The molecule has 0 aromatic heterocycles. The predicted molar refractivity (Wildman–Crippen MR) is 176 cm³/mol. The minimum Gasteiger partial charge on any atom is -0.489 e. The molecule has 2 N–H and O–H groups in total. The molecule has 42 heavy (non-hydrogen) atoms. The molecule has 0 unspecified atom stereocenters. The van der Waals surface area contributed by atoms with Crippen LogP contribution in [0.3, 0.4) is 0 Å². The summed E-state index contributed by atoms with van der Waals surface area (Å²) in [5.74, 6) is 3.12. The summed E-state index contributed by atoms with van der Waals surface area (Å²) in [6.45, 7) is 18.1. The van der Waals surface area contributed by atoms with Gasteiger partial charge in [0, 0.05) is 13.1 Å². The van der Waals surface area contributed by atoms with Gasteiger partial charge in [0.25, 0.3) is 0 Å². The van der Waals surface area contributed by atoms with Crippen molar-refractivity contribution in [1.29, 1.82) is 0 Å². The van der Waals surface area contributed by atoms with E-state index in [1.165, 1.54) is 33.4 Å². The Morgan fingerprint density at radius 2 is 0.857 bits per heavy atom. The third-order valence-electron chi connectivity index (χ3n) is 7.46. The van der Waals surface area contributed by atoms with Gasteiger partial charge < -0.3 is 20.1 Å². The number of hydrogen-bond donors (Lipinski definition) is 2. The van der Waals surface area contributed by atoms with Gasteiger partial charge in [-0.3, -0.25) is 0 Å². The average molecular weight is 565 g/mol. The minimum absolute atomic E-state index is 0.540. The molecule has 0 saturated carbocycles. The molecule has 0 fully saturated rings. The first kappa shape index (κ1) is 31.3. The lowest BCUT2D eigenvalue weighted by Crippen LogP contribution is -2.18. The van der Waals surface area contributed by atoms with Crippen LogP contribution in [0, 0.1) is 25.7 Å². The van der Waals surface area contributed by atoms with Gasteiger partial charge in [0.15, 0.2) is 0 Å². The van der Waals surface area contributed by atoms with Gasteiger partial charge in [-0.1, -0.05) is 100 Å². The number of nitrogens with one attached hydrogen (secondary N) is 2. The SMILES string of the molecule is Cc1c(OCc2ccc(CNCC(C)C)cc2)cccc1-c1cccc(OCc2ccc(CNCC(C)C)cc2)c1C. The first-order chi connectivity index (χ1) is 20.3. The van der Waals surface area contributed by atoms with Crippen LogP contribution in [-0.4, -0.2) is 13.1 Å². The molecule has 0 amide bonds. The molecule has 4 rings (SSSR count). The van der Waals surface area contributed by atoms with Crippen molar-refractivity contribution in [3.8, 4) is 22.6 Å². The maximum atomic E-state index is 6.31. The fourth-order valence-corrected chi connectivity index (χ4v) is 4.96. The van der Waals surface area contributed by atoms with Gasteiger partial charge in [0.1, 0.15) is 24.7 Å². The van der Waals surface area contributed by atoms with Crippen LogP contribution >= 0.6 is 0 Å². The van der Waals surface area contributed by atoms with Crippen LogP contribution in [0.4, 0.5) is 0 Å². The van der Waals surface area contributed by atoms with Crippen molar-refractivity contribution in [3.05, 3.63) is 118 Å². The molecule has 4 heteroatoms. The van der Waals surface area contributed by atoms with Crippen LogP contribution in [0.2, 0.25) is 0 Å². The zero-order valence-corrected chi connectivity index (χ0v) is 26.3. The van der Waals surface area contributed by atoms with Crippen molar-refractivity contribution >= 4 is 0 Å². The molecule has 4 aromatic carbocycles. The van der Waals surface area contributed by atoms with Crippen molar-refractivity contribution in [2.75, 3.05) is 13.1 Å². The summed E-state index contributed by atoms with van der Waals surface area (Å²) in [5.41, 5.74) is 9.52. The molecular weight excluding hydrogens is 516 g/mol. The van der Waals surface area contributed by atoms with E-state index in [2.05, 4.69) is 137 Å². The summed E-state index contributed by atoms with van der Waals surface area (Å²) in [4.78, 5) is 0. The monoisotopic (exact) mass is 564 g/mol. The standard InChI is InChI=1S/C38H48N2O2/c1-27(2)21-39-23-31-13-17-33(18-14-31)25-41-37-11-7-9-35(29(37)5)36-10-8-12-38(30(36)6)42-26-34-19-15-32(16-20-34)24-40-22-28(3)4/h7-20,27-28,39-40H,21-26H2,1-6H3. The van der Waals surface area contributed by atoms with Gasteiger partial charge in [0.05, 0.1) is 0 Å². The highest BCUT2D eigenvalue weighted by Gasteiger charge is 2.13. The average Bonchev–Trinajstić information content (AvgIpc) is 2.97. The maximum Gasteiger partial charge on any atom is 0.123 e. The summed E-state index contributed by atoms with van der Waals surface area (Å²) in [6.07, 6.45) is 0. The molecular formula is C38H48N2O2. The minimum atomic E-state index is 0.540. The van der Waals surface area contributed by atoms with E-state index < -0.39 is 0 Å². The molecule has 4 nitrogen and oxygen atoms in total. The third-order valence-corrected chi connectivity index (χ3v) is 7.46. The molecule has 0 atom stereocenters. The summed E-state index contributed by atoms with van der Waals surface area (Å²) < 4.78 is 12.6. The van der Waals surface area contributed by atoms with Crippen LogP contribution in [0.15, 0.2) is 84.9 Å². The lowest BCUT2D eigenvalue weighted by molar-refractivity contribution is 0.303. The first-order valence-corrected chi connectivity index (χ1v) is 15.3. The highest BCUT2D eigenvalue weighted by molar-refractivity contribution is 5.74. The Labute approximate surface area is 253 Å². The molecule has 0 saturated heterocycles. The molecule has 222 valence electrons. The zero-order chi connectivity index (χ0) is 29.9. The molecule has 0 bridgehead atoms. The van der Waals surface area contributed by atoms with E-state index >= 15 is 0 Å². The summed E-state index contributed by atoms with van der Waals surface area (Å²) in [7, 11) is 0. The Morgan fingerprint density at radius 1 is 0.500 bits per heavy atom. The topological polar surface area (TPSA) is 42.5 Å². The Morgan fingerprint density at radius 3 is 1.21 bits per heavy atom. The number of ether oxygens (including phenoxy) is 2. The van der Waals surface area contributed by atoms with E-state index in [-0.39, 0.29) is 0 Å². The number of benzene rings is 4. The molecule has 0 aliphatic heterocycles. The van der Waals surface area contributed by atoms with Crippen molar-refractivity contribution in [1.82, 2.24) is 10.6 Å². The molecule has 0 aliphatic carbocycles. The zero-order valence-electron chi connectivity index (χ0n) is 26.3. The van der Waals surface area contributed by atoms with E-state index in [1.807, 2.05) is 0 Å². The maximum absolute atomic E-state index is 6.31. The molecule has 0 spiro atoms. The predicted octanol–water partition coefficient (Wildman–Crippen LogP) is 8.62. The van der Waals surface area contributed by atoms with Crippen molar-refractivity contribution in [2.24, 2.45) is 11.8 Å². The fourth-order valence-electron chi connectivity index (χ4n) is 4.96. The van der Waals surface area contributed by atoms with Gasteiger partial charge in [-0.15, -0.1) is 0 Å². The van der Waals surface area contributed by atoms with Gasteiger partial charge in [-0.05, 0) is 95.4 Å². The Bertz CT molecular complexity index is 1280. The molecule has 0 aliphatic rings. The van der Waals surface area contributed by atoms with Crippen molar-refractivity contribution < 1.29 is 9.47 Å². The Hall–Kier alpha value is -3.60. The molecule has 4 aromatic rings. The summed E-state index contributed by atoms with van der Waals surface area (Å²) >= 11 is 0. The van der Waals surface area contributed by atoms with E-state index in [0.717, 1.165) is 48.8 Å². The van der Waals surface area contributed by atoms with Gasteiger partial charge >= 0.3 is 0 Å². The number of hydrogen-bond acceptors (Lipinski definition) is 4. The Balaban J connectivity index is 1.37. The quantitative estimate of drug-likeness (QED) is 0.152. The van der Waals surface area contributed by atoms with Crippen molar-refractivity contribution in [3.63, 3.8) is 0 Å². The normalized spacial score (nSPS) is 11.3. The lowest BCUT2D eigenvalue weighted by Gasteiger charge is -2.17. The van der Waals surface area contributed by atoms with Crippen LogP contribution < -0.4 is 20.1 Å². The van der Waals surface area contributed by atoms with Gasteiger partial charge in [-0.25, -0.2) is 0 Å². The van der Waals surface area contributed by atoms with E-state index in [1.54, 1.807) is 0 Å². The van der Waals surface area contributed by atoms with Gasteiger partial charge in [0.2, 0.25) is 0 Å². The van der Waals surface area contributed by atoms with Crippen LogP contribution in [0.5, 0.6) is 11.5 Å². The summed E-state index contributed by atoms with van der Waals surface area (Å²) in [6, 6.07) is 30.0. The second-order valence-electron chi connectivity index (χ2n) is 12.1. The number of rotatable bonds is 15. The molecule has 0 heterocycles. The molecule has 0 radical (unpaired) electrons. The largest absolute Gasteiger partial charge is 0.489 e. The first-order valence-electron chi connectivity index (χ1n) is 15.3. The second kappa shape index (κ2) is 15.6. The van der Waals surface area contributed by atoms with Crippen LogP contribution in [0.1, 0.15) is 61.1 Å².